The molecule has 3 aromatic carbocycles. The highest BCUT2D eigenvalue weighted by Crippen LogP contribution is 2.40. The van der Waals surface area contributed by atoms with E-state index < -0.39 is 0 Å². The van der Waals surface area contributed by atoms with E-state index in [9.17, 15) is 4.79 Å². The van der Waals surface area contributed by atoms with Crippen molar-refractivity contribution in [1.29, 1.82) is 0 Å². The zero-order valence-corrected chi connectivity index (χ0v) is 21.1. The highest BCUT2D eigenvalue weighted by atomic mass is 16.5. The van der Waals surface area contributed by atoms with E-state index in [2.05, 4.69) is 41.4 Å². The Labute approximate surface area is 207 Å². The molecule has 0 spiro atoms. The minimum absolute atomic E-state index is 0.0424. The van der Waals surface area contributed by atoms with Crippen molar-refractivity contribution in [2.45, 2.75) is 38.9 Å². The van der Waals surface area contributed by atoms with Gasteiger partial charge in [-0.05, 0) is 73.4 Å². The quantitative estimate of drug-likeness (QED) is 0.501. The number of methoxy groups -OCH3 is 3. The van der Waals surface area contributed by atoms with Gasteiger partial charge in [-0.1, -0.05) is 29.8 Å². The van der Waals surface area contributed by atoms with E-state index in [0.717, 1.165) is 47.7 Å². The lowest BCUT2D eigenvalue weighted by atomic mass is 9.87. The molecule has 184 valence electrons. The summed E-state index contributed by atoms with van der Waals surface area (Å²) in [6, 6.07) is 19.7. The van der Waals surface area contributed by atoms with Crippen LogP contribution in [0.25, 0.3) is 0 Å². The number of carbonyl (C=O) groups is 1. The zero-order chi connectivity index (χ0) is 24.9. The molecule has 0 fully saturated rings. The number of fused-ring (bicyclic) bond motifs is 1. The van der Waals surface area contributed by atoms with Gasteiger partial charge in [-0.3, -0.25) is 9.69 Å². The summed E-state index contributed by atoms with van der Waals surface area (Å²) in [4.78, 5) is 15.5. The summed E-state index contributed by atoms with van der Waals surface area (Å²) in [6.45, 7) is 5.68. The van der Waals surface area contributed by atoms with Crippen molar-refractivity contribution in [2.75, 3.05) is 27.9 Å². The summed E-state index contributed by atoms with van der Waals surface area (Å²) in [7, 11) is 4.99. The van der Waals surface area contributed by atoms with Crippen LogP contribution in [0.5, 0.6) is 17.2 Å². The van der Waals surface area contributed by atoms with E-state index in [0.29, 0.717) is 11.3 Å². The second-order valence-corrected chi connectivity index (χ2v) is 9.05. The Balaban J connectivity index is 1.68. The molecular weight excluding hydrogens is 440 g/mol. The third kappa shape index (κ3) is 5.43. The van der Waals surface area contributed by atoms with Crippen LogP contribution in [0.3, 0.4) is 0 Å². The Morgan fingerprint density at radius 2 is 1.71 bits per heavy atom. The van der Waals surface area contributed by atoms with Crippen LogP contribution in [0.2, 0.25) is 0 Å². The highest BCUT2D eigenvalue weighted by molar-refractivity contribution is 5.94. The van der Waals surface area contributed by atoms with Crippen LogP contribution in [0.1, 0.15) is 45.6 Å². The van der Waals surface area contributed by atoms with Gasteiger partial charge in [0.1, 0.15) is 5.75 Å². The standard InChI is InChI=1S/C29H34N2O4/c1-19-9-11-22(12-10-19)29(32)30-20(2)28-25-17-27(35-5)26(34-4)16-23(25)13-14-31(28)18-21-7-6-8-24(15-21)33-3/h6-12,15-17,20,28H,13-14,18H2,1-5H3,(H,30,32). The van der Waals surface area contributed by atoms with Gasteiger partial charge < -0.3 is 19.5 Å². The van der Waals surface area contributed by atoms with Crippen LogP contribution in [0.15, 0.2) is 60.7 Å². The van der Waals surface area contributed by atoms with Gasteiger partial charge in [-0.15, -0.1) is 0 Å². The zero-order valence-electron chi connectivity index (χ0n) is 21.1. The third-order valence-electron chi connectivity index (χ3n) is 6.69. The number of hydrogen-bond acceptors (Lipinski definition) is 5. The molecule has 0 aliphatic carbocycles. The second-order valence-electron chi connectivity index (χ2n) is 9.05. The van der Waals surface area contributed by atoms with Crippen molar-refractivity contribution in [3.05, 3.63) is 88.5 Å². The number of hydrogen-bond donors (Lipinski definition) is 1. The molecule has 1 N–H and O–H groups in total. The Morgan fingerprint density at radius 1 is 1.00 bits per heavy atom. The smallest absolute Gasteiger partial charge is 0.251 e. The first-order valence-electron chi connectivity index (χ1n) is 11.9. The molecule has 6 nitrogen and oxygen atoms in total. The lowest BCUT2D eigenvalue weighted by Gasteiger charge is -2.41. The first kappa shape index (κ1) is 24.6. The van der Waals surface area contributed by atoms with E-state index >= 15 is 0 Å². The minimum atomic E-state index is -0.147. The summed E-state index contributed by atoms with van der Waals surface area (Å²) in [6.07, 6.45) is 0.884. The van der Waals surface area contributed by atoms with Crippen molar-refractivity contribution in [3.63, 3.8) is 0 Å². The number of ether oxygens (including phenoxy) is 3. The van der Waals surface area contributed by atoms with E-state index in [-0.39, 0.29) is 18.0 Å². The molecule has 1 heterocycles. The predicted octanol–water partition coefficient (Wildman–Crippen LogP) is 4.94. The largest absolute Gasteiger partial charge is 0.497 e. The maximum atomic E-state index is 13.1. The lowest BCUT2D eigenvalue weighted by Crippen LogP contribution is -2.47. The SMILES string of the molecule is COc1cccc(CN2CCc3cc(OC)c(OC)cc3C2C(C)NC(=O)c2ccc(C)cc2)c1. The number of rotatable bonds is 8. The molecule has 6 heteroatoms. The molecule has 0 radical (unpaired) electrons. The minimum Gasteiger partial charge on any atom is -0.497 e. The fraction of sp³-hybridized carbons (Fsp3) is 0.345. The molecule has 2 atom stereocenters. The molecule has 2 unspecified atom stereocenters. The van der Waals surface area contributed by atoms with Crippen LogP contribution in [0.4, 0.5) is 0 Å². The van der Waals surface area contributed by atoms with Gasteiger partial charge >= 0.3 is 0 Å². The van der Waals surface area contributed by atoms with Crippen LogP contribution >= 0.6 is 0 Å². The van der Waals surface area contributed by atoms with Gasteiger partial charge in [-0.2, -0.15) is 0 Å². The Hall–Kier alpha value is -3.51. The van der Waals surface area contributed by atoms with Crippen molar-refractivity contribution in [3.8, 4) is 17.2 Å². The monoisotopic (exact) mass is 474 g/mol. The van der Waals surface area contributed by atoms with Gasteiger partial charge in [0.15, 0.2) is 11.5 Å². The van der Waals surface area contributed by atoms with Gasteiger partial charge in [0.2, 0.25) is 0 Å². The summed E-state index contributed by atoms with van der Waals surface area (Å²) >= 11 is 0. The predicted molar refractivity (Wildman–Crippen MR) is 138 cm³/mol. The van der Waals surface area contributed by atoms with E-state index in [1.54, 1.807) is 21.3 Å². The van der Waals surface area contributed by atoms with Crippen LogP contribution in [-0.4, -0.2) is 44.7 Å². The number of benzene rings is 3. The summed E-state index contributed by atoms with van der Waals surface area (Å²) in [5.41, 5.74) is 5.31. The van der Waals surface area contributed by atoms with Crippen LogP contribution in [-0.2, 0) is 13.0 Å². The first-order valence-corrected chi connectivity index (χ1v) is 11.9. The summed E-state index contributed by atoms with van der Waals surface area (Å²) in [5.74, 6) is 2.18. The molecule has 35 heavy (non-hydrogen) atoms. The maximum Gasteiger partial charge on any atom is 0.251 e. The average molecular weight is 475 g/mol. The molecule has 1 aliphatic heterocycles. The fourth-order valence-electron chi connectivity index (χ4n) is 4.87. The Bertz CT molecular complexity index is 1180. The van der Waals surface area contributed by atoms with Crippen molar-refractivity contribution < 1.29 is 19.0 Å². The number of amides is 1. The van der Waals surface area contributed by atoms with Crippen molar-refractivity contribution in [2.24, 2.45) is 0 Å². The molecule has 0 aromatic heterocycles. The van der Waals surface area contributed by atoms with Crippen LogP contribution in [0, 0.1) is 6.92 Å². The molecule has 0 saturated carbocycles. The fourth-order valence-corrected chi connectivity index (χ4v) is 4.87. The number of nitrogens with zero attached hydrogens (tertiary/aromatic N) is 1. The third-order valence-corrected chi connectivity index (χ3v) is 6.69. The molecule has 4 rings (SSSR count). The van der Waals surface area contributed by atoms with Gasteiger partial charge in [0, 0.05) is 24.7 Å². The molecule has 0 bridgehead atoms. The molecular formula is C29H34N2O4. The second kappa shape index (κ2) is 10.8. The van der Waals surface area contributed by atoms with Crippen molar-refractivity contribution in [1.82, 2.24) is 10.2 Å². The van der Waals surface area contributed by atoms with E-state index in [1.807, 2.05) is 43.3 Å². The topological polar surface area (TPSA) is 60.0 Å². The maximum absolute atomic E-state index is 13.1. The number of aryl methyl sites for hydroxylation is 1. The number of carbonyl (C=O) groups excluding carboxylic acids is 1. The van der Waals surface area contributed by atoms with Gasteiger partial charge in [0.25, 0.3) is 5.91 Å². The van der Waals surface area contributed by atoms with Gasteiger partial charge in [0.05, 0.1) is 27.4 Å². The van der Waals surface area contributed by atoms with E-state index in [1.165, 1.54) is 5.56 Å². The van der Waals surface area contributed by atoms with Gasteiger partial charge in [-0.25, -0.2) is 0 Å². The first-order chi connectivity index (χ1) is 16.9. The Kier molecular flexibility index (Phi) is 7.61. The molecule has 3 aromatic rings. The molecule has 1 aliphatic rings. The molecule has 0 saturated heterocycles. The Morgan fingerprint density at radius 3 is 2.40 bits per heavy atom. The van der Waals surface area contributed by atoms with Crippen LogP contribution < -0.4 is 19.5 Å². The normalized spacial score (nSPS) is 16.2. The molecule has 1 amide bonds. The highest BCUT2D eigenvalue weighted by Gasteiger charge is 2.34. The summed E-state index contributed by atoms with van der Waals surface area (Å²) < 4.78 is 16.6. The lowest BCUT2D eigenvalue weighted by molar-refractivity contribution is 0.0877. The number of nitrogens with one attached hydrogen (secondary N) is 1. The van der Waals surface area contributed by atoms with E-state index in [4.69, 9.17) is 14.2 Å². The summed E-state index contributed by atoms with van der Waals surface area (Å²) in [5, 5.41) is 3.25. The van der Waals surface area contributed by atoms with Crippen molar-refractivity contribution >= 4 is 5.91 Å². The average Bonchev–Trinajstić information content (AvgIpc) is 2.88.